The number of hydrogen-bond acceptors (Lipinski definition) is 1. The lowest BCUT2D eigenvalue weighted by Crippen LogP contribution is -2.05. The lowest BCUT2D eigenvalue weighted by molar-refractivity contribution is -0.119. The molecule has 90 valence electrons. The van der Waals surface area contributed by atoms with Crippen molar-refractivity contribution < 1.29 is 4.79 Å². The van der Waals surface area contributed by atoms with Crippen LogP contribution < -0.4 is 0 Å². The average Bonchev–Trinajstić information content (AvgIpc) is 2.28. The second kappa shape index (κ2) is 6.06. The molecule has 0 aliphatic heterocycles. The molecule has 1 aromatic carbocycles. The maximum Gasteiger partial charge on any atom is 0.226 e. The van der Waals surface area contributed by atoms with Gasteiger partial charge >= 0.3 is 0 Å². The maximum absolute atomic E-state index is 11.4. The number of carbonyl (C=O) groups excluding carboxylic acids is 1. The number of amides is 1. The average molecular weight is 231 g/mol. The first-order valence-corrected chi connectivity index (χ1v) is 5.72. The van der Waals surface area contributed by atoms with E-state index in [-0.39, 0.29) is 5.92 Å². The van der Waals surface area contributed by atoms with Crippen molar-refractivity contribution in [1.29, 1.82) is 0 Å². The molecule has 0 saturated heterocycles. The van der Waals surface area contributed by atoms with E-state index in [9.17, 15) is 4.79 Å². The van der Waals surface area contributed by atoms with Crippen LogP contribution in [0.15, 0.2) is 29.4 Å². The van der Waals surface area contributed by atoms with Crippen LogP contribution in [0.5, 0.6) is 0 Å². The molecule has 1 atom stereocenters. The molecule has 0 fully saturated rings. The molecule has 0 aliphatic carbocycles. The van der Waals surface area contributed by atoms with Crippen LogP contribution in [0.2, 0.25) is 0 Å². The van der Waals surface area contributed by atoms with E-state index in [1.807, 2.05) is 24.3 Å². The van der Waals surface area contributed by atoms with Crippen molar-refractivity contribution >= 4 is 5.91 Å². The van der Waals surface area contributed by atoms with Crippen molar-refractivity contribution in [3.05, 3.63) is 45.8 Å². The lowest BCUT2D eigenvalue weighted by atomic mass is 9.96. The Morgan fingerprint density at radius 1 is 1.29 bits per heavy atom. The van der Waals surface area contributed by atoms with E-state index in [1.165, 1.54) is 5.56 Å². The fraction of sp³-hybridized carbons (Fsp3) is 0.462. The topological polar surface area (TPSA) is 65.8 Å². The number of hydrogen-bond donors (Lipinski definition) is 0. The highest BCUT2D eigenvalue weighted by atomic mass is 16.1. The molecule has 1 rings (SSSR count). The molecular weight excluding hydrogens is 214 g/mol. The van der Waals surface area contributed by atoms with E-state index in [0.717, 1.165) is 12.0 Å². The van der Waals surface area contributed by atoms with Gasteiger partial charge in [-0.05, 0) is 34.1 Å². The van der Waals surface area contributed by atoms with Gasteiger partial charge in [-0.3, -0.25) is 4.79 Å². The summed E-state index contributed by atoms with van der Waals surface area (Å²) >= 11 is 0. The van der Waals surface area contributed by atoms with Crippen molar-refractivity contribution in [1.82, 2.24) is 0 Å². The number of nitrogens with zero attached hydrogens (tertiary/aromatic N) is 3. The zero-order valence-electron chi connectivity index (χ0n) is 10.4. The van der Waals surface area contributed by atoms with Gasteiger partial charge in [0.05, 0.1) is 0 Å². The van der Waals surface area contributed by atoms with Gasteiger partial charge in [0.2, 0.25) is 5.91 Å². The Bertz CT molecular complexity index is 430. The van der Waals surface area contributed by atoms with Crippen LogP contribution >= 0.6 is 0 Å². The molecule has 1 amide bonds. The molecule has 0 spiro atoms. The second-order valence-electron chi connectivity index (χ2n) is 4.59. The highest BCUT2D eigenvalue weighted by Crippen LogP contribution is 2.18. The highest BCUT2D eigenvalue weighted by molar-refractivity contribution is 5.83. The summed E-state index contributed by atoms with van der Waals surface area (Å²) < 4.78 is 0. The van der Waals surface area contributed by atoms with Crippen molar-refractivity contribution in [2.45, 2.75) is 33.1 Å². The van der Waals surface area contributed by atoms with Crippen LogP contribution in [-0.4, -0.2) is 5.91 Å². The van der Waals surface area contributed by atoms with E-state index < -0.39 is 5.91 Å². The standard InChI is InChI=1S/C13H17N3O/c1-9(2)8-11-4-6-12(7-5-11)10(3)13(17)15-16-14/h4-7,9-10H,8H2,1-3H3. The monoisotopic (exact) mass is 231 g/mol. The number of rotatable bonds is 4. The molecule has 1 aromatic rings. The van der Waals surface area contributed by atoms with Crippen molar-refractivity contribution in [2.24, 2.45) is 11.0 Å². The first kappa shape index (κ1) is 13.3. The van der Waals surface area contributed by atoms with Crippen LogP contribution in [0.1, 0.15) is 37.8 Å². The van der Waals surface area contributed by atoms with Gasteiger partial charge < -0.3 is 0 Å². The van der Waals surface area contributed by atoms with E-state index in [4.69, 9.17) is 5.53 Å². The van der Waals surface area contributed by atoms with Gasteiger partial charge in [0, 0.05) is 10.8 Å². The molecule has 0 N–H and O–H groups in total. The largest absolute Gasteiger partial charge is 0.292 e. The minimum absolute atomic E-state index is 0.376. The Kier molecular flexibility index (Phi) is 4.73. The van der Waals surface area contributed by atoms with Gasteiger partial charge in [-0.15, -0.1) is 0 Å². The van der Waals surface area contributed by atoms with Crippen molar-refractivity contribution in [3.8, 4) is 0 Å². The summed E-state index contributed by atoms with van der Waals surface area (Å²) in [4.78, 5) is 13.9. The summed E-state index contributed by atoms with van der Waals surface area (Å²) in [7, 11) is 0. The zero-order chi connectivity index (χ0) is 12.8. The van der Waals surface area contributed by atoms with Crippen LogP contribution in [0.25, 0.3) is 10.4 Å². The van der Waals surface area contributed by atoms with Crippen molar-refractivity contribution in [2.75, 3.05) is 0 Å². The molecule has 4 nitrogen and oxygen atoms in total. The SMILES string of the molecule is CC(C)Cc1ccc(C(C)C(=O)N=[N+]=[N-])cc1. The molecule has 4 heteroatoms. The smallest absolute Gasteiger partial charge is 0.226 e. The number of benzene rings is 1. The van der Waals surface area contributed by atoms with Crippen LogP contribution in [0.4, 0.5) is 0 Å². The fourth-order valence-electron chi connectivity index (χ4n) is 1.69. The second-order valence-corrected chi connectivity index (χ2v) is 4.59. The molecule has 0 bridgehead atoms. The third-order valence-corrected chi connectivity index (χ3v) is 2.64. The molecule has 0 aliphatic rings. The molecule has 0 saturated carbocycles. The quantitative estimate of drug-likeness (QED) is 0.441. The summed E-state index contributed by atoms with van der Waals surface area (Å²) in [6.07, 6.45) is 1.03. The van der Waals surface area contributed by atoms with E-state index in [0.29, 0.717) is 5.92 Å². The number of carbonyl (C=O) groups is 1. The molecule has 0 radical (unpaired) electrons. The minimum atomic E-state index is -0.441. The summed E-state index contributed by atoms with van der Waals surface area (Å²) in [5.41, 5.74) is 10.4. The van der Waals surface area contributed by atoms with E-state index in [2.05, 4.69) is 23.9 Å². The van der Waals surface area contributed by atoms with E-state index in [1.54, 1.807) is 6.92 Å². The Labute approximate surface area is 101 Å². The summed E-state index contributed by atoms with van der Waals surface area (Å²) in [6.45, 7) is 6.08. The zero-order valence-corrected chi connectivity index (χ0v) is 10.4. The summed E-state index contributed by atoms with van der Waals surface area (Å²) in [5.74, 6) is -0.203. The predicted octanol–water partition coefficient (Wildman–Crippen LogP) is 3.83. The molecule has 17 heavy (non-hydrogen) atoms. The Morgan fingerprint density at radius 2 is 1.88 bits per heavy atom. The Hall–Kier alpha value is -1.80. The van der Waals surface area contributed by atoms with E-state index >= 15 is 0 Å². The van der Waals surface area contributed by atoms with Crippen LogP contribution in [0.3, 0.4) is 0 Å². The third kappa shape index (κ3) is 3.93. The summed E-state index contributed by atoms with van der Waals surface area (Å²) in [6, 6.07) is 7.89. The van der Waals surface area contributed by atoms with Crippen LogP contribution in [-0.2, 0) is 11.2 Å². The molecule has 0 heterocycles. The fourth-order valence-corrected chi connectivity index (χ4v) is 1.69. The Balaban J connectivity index is 2.80. The highest BCUT2D eigenvalue weighted by Gasteiger charge is 2.13. The first-order valence-electron chi connectivity index (χ1n) is 5.72. The minimum Gasteiger partial charge on any atom is -0.292 e. The Morgan fingerprint density at radius 3 is 2.35 bits per heavy atom. The van der Waals surface area contributed by atoms with Gasteiger partial charge in [0.25, 0.3) is 0 Å². The van der Waals surface area contributed by atoms with Crippen LogP contribution in [0, 0.1) is 5.92 Å². The van der Waals surface area contributed by atoms with Gasteiger partial charge in [-0.2, -0.15) is 0 Å². The number of azide groups is 1. The third-order valence-electron chi connectivity index (χ3n) is 2.64. The normalized spacial score (nSPS) is 12.0. The van der Waals surface area contributed by atoms with Gasteiger partial charge in [-0.1, -0.05) is 45.0 Å². The first-order chi connectivity index (χ1) is 8.04. The van der Waals surface area contributed by atoms with Crippen molar-refractivity contribution in [3.63, 3.8) is 0 Å². The molecule has 1 unspecified atom stereocenters. The predicted molar refractivity (Wildman–Crippen MR) is 67.6 cm³/mol. The maximum atomic E-state index is 11.4. The van der Waals surface area contributed by atoms with Gasteiger partial charge in [0.15, 0.2) is 0 Å². The van der Waals surface area contributed by atoms with Gasteiger partial charge in [0.1, 0.15) is 0 Å². The van der Waals surface area contributed by atoms with Gasteiger partial charge in [-0.25, -0.2) is 0 Å². The molecule has 0 aromatic heterocycles. The molecular formula is C13H17N3O. The summed E-state index contributed by atoms with van der Waals surface area (Å²) in [5, 5.41) is 3.11. The lowest BCUT2D eigenvalue weighted by Gasteiger charge is -2.09.